The van der Waals surface area contributed by atoms with Crippen molar-refractivity contribution in [2.24, 2.45) is 0 Å². The van der Waals surface area contributed by atoms with E-state index < -0.39 is 0 Å². The van der Waals surface area contributed by atoms with Gasteiger partial charge in [0.15, 0.2) is 0 Å². The Hall–Kier alpha value is -3.39. The van der Waals surface area contributed by atoms with E-state index in [-0.39, 0.29) is 23.8 Å². The van der Waals surface area contributed by atoms with Crippen LogP contribution in [0.3, 0.4) is 0 Å². The van der Waals surface area contributed by atoms with Crippen LogP contribution in [0.5, 0.6) is 0 Å². The van der Waals surface area contributed by atoms with E-state index in [1.165, 1.54) is 23.0 Å². The van der Waals surface area contributed by atoms with Crippen molar-refractivity contribution in [2.45, 2.75) is 19.9 Å². The van der Waals surface area contributed by atoms with Gasteiger partial charge < -0.3 is 5.32 Å². The third kappa shape index (κ3) is 3.93. The number of aryl methyl sites for hydroxylation is 1. The highest BCUT2D eigenvalue weighted by Crippen LogP contribution is 2.27. The number of nitrogens with zero attached hydrogens (tertiary/aromatic N) is 3. The standard InChI is InChI=1S/C21H17FN4O2S/c1-2-13-4-3-5-16(10-13)24-17(27)11-26-12-23-19-18(25-29-20(19)21(26)28)14-6-8-15(22)9-7-14/h3-10,12H,2,11H2,1H3,(H,24,27). The van der Waals surface area contributed by atoms with Crippen molar-refractivity contribution in [3.8, 4) is 11.3 Å². The van der Waals surface area contributed by atoms with Crippen molar-refractivity contribution in [1.82, 2.24) is 13.9 Å². The Morgan fingerprint density at radius 3 is 2.76 bits per heavy atom. The lowest BCUT2D eigenvalue weighted by atomic mass is 10.1. The molecule has 4 rings (SSSR count). The predicted molar refractivity (Wildman–Crippen MR) is 112 cm³/mol. The number of carbonyl (C=O) groups is 1. The molecule has 29 heavy (non-hydrogen) atoms. The zero-order valence-electron chi connectivity index (χ0n) is 15.6. The molecule has 0 atom stereocenters. The largest absolute Gasteiger partial charge is 0.325 e. The summed E-state index contributed by atoms with van der Waals surface area (Å²) in [6.45, 7) is 1.89. The summed E-state index contributed by atoms with van der Waals surface area (Å²) in [7, 11) is 0. The molecule has 0 aliphatic heterocycles. The van der Waals surface area contributed by atoms with Crippen LogP contribution in [-0.4, -0.2) is 19.8 Å². The van der Waals surface area contributed by atoms with Gasteiger partial charge in [-0.3, -0.25) is 14.2 Å². The minimum absolute atomic E-state index is 0.151. The van der Waals surface area contributed by atoms with Crippen molar-refractivity contribution in [2.75, 3.05) is 5.32 Å². The second-order valence-electron chi connectivity index (χ2n) is 6.50. The van der Waals surface area contributed by atoms with Gasteiger partial charge in [0.1, 0.15) is 28.3 Å². The number of benzene rings is 2. The maximum atomic E-state index is 13.2. The van der Waals surface area contributed by atoms with Gasteiger partial charge in [-0.15, -0.1) is 0 Å². The molecule has 4 aromatic rings. The first-order valence-electron chi connectivity index (χ1n) is 9.04. The van der Waals surface area contributed by atoms with E-state index in [9.17, 15) is 14.0 Å². The minimum Gasteiger partial charge on any atom is -0.325 e. The highest BCUT2D eigenvalue weighted by molar-refractivity contribution is 7.13. The third-order valence-corrected chi connectivity index (χ3v) is 5.32. The number of nitrogens with one attached hydrogen (secondary N) is 1. The summed E-state index contributed by atoms with van der Waals surface area (Å²) in [5.41, 5.74) is 3.11. The number of hydrogen-bond acceptors (Lipinski definition) is 5. The Kier molecular flexibility index (Phi) is 5.18. The monoisotopic (exact) mass is 408 g/mol. The smallest absolute Gasteiger partial charge is 0.273 e. The summed E-state index contributed by atoms with van der Waals surface area (Å²) >= 11 is 1.02. The summed E-state index contributed by atoms with van der Waals surface area (Å²) in [4.78, 5) is 29.5. The molecule has 1 amide bonds. The fourth-order valence-corrected chi connectivity index (χ4v) is 3.80. The Morgan fingerprint density at radius 2 is 2.00 bits per heavy atom. The normalized spacial score (nSPS) is 11.0. The van der Waals surface area contributed by atoms with Crippen molar-refractivity contribution in [3.63, 3.8) is 0 Å². The van der Waals surface area contributed by atoms with Crippen LogP contribution in [0.25, 0.3) is 21.5 Å². The number of amides is 1. The molecule has 2 heterocycles. The third-order valence-electron chi connectivity index (χ3n) is 4.50. The quantitative estimate of drug-likeness (QED) is 0.544. The maximum Gasteiger partial charge on any atom is 0.273 e. The highest BCUT2D eigenvalue weighted by Gasteiger charge is 2.15. The lowest BCUT2D eigenvalue weighted by Gasteiger charge is -2.08. The zero-order chi connectivity index (χ0) is 20.4. The number of aromatic nitrogens is 3. The van der Waals surface area contributed by atoms with Gasteiger partial charge in [0.05, 0.1) is 6.33 Å². The maximum absolute atomic E-state index is 13.2. The second kappa shape index (κ2) is 7.92. The highest BCUT2D eigenvalue weighted by atomic mass is 32.1. The van der Waals surface area contributed by atoms with Gasteiger partial charge in [0, 0.05) is 11.3 Å². The molecular formula is C21H17FN4O2S. The van der Waals surface area contributed by atoms with E-state index in [0.29, 0.717) is 27.2 Å². The summed E-state index contributed by atoms with van der Waals surface area (Å²) < 4.78 is 19.1. The van der Waals surface area contributed by atoms with E-state index in [0.717, 1.165) is 23.5 Å². The first kappa shape index (κ1) is 18.9. The van der Waals surface area contributed by atoms with Crippen LogP contribution in [0.2, 0.25) is 0 Å². The molecule has 0 bridgehead atoms. The van der Waals surface area contributed by atoms with E-state index in [1.807, 2.05) is 25.1 Å². The lowest BCUT2D eigenvalue weighted by Crippen LogP contribution is -2.27. The van der Waals surface area contributed by atoms with Gasteiger partial charge >= 0.3 is 0 Å². The first-order valence-corrected chi connectivity index (χ1v) is 9.82. The second-order valence-corrected chi connectivity index (χ2v) is 7.27. The number of carbonyl (C=O) groups excluding carboxylic acids is 1. The molecule has 0 radical (unpaired) electrons. The molecule has 2 aromatic carbocycles. The summed E-state index contributed by atoms with van der Waals surface area (Å²) in [6.07, 6.45) is 2.21. The van der Waals surface area contributed by atoms with Crippen LogP contribution < -0.4 is 10.9 Å². The van der Waals surface area contributed by atoms with E-state index in [4.69, 9.17) is 0 Å². The number of halogens is 1. The Bertz CT molecular complexity index is 1250. The Balaban J connectivity index is 1.58. The van der Waals surface area contributed by atoms with Gasteiger partial charge in [0.25, 0.3) is 5.56 Å². The molecule has 146 valence electrons. The van der Waals surface area contributed by atoms with Gasteiger partial charge in [-0.05, 0) is 59.9 Å². The van der Waals surface area contributed by atoms with Crippen LogP contribution in [0, 0.1) is 5.82 Å². The van der Waals surface area contributed by atoms with Crippen LogP contribution in [0.1, 0.15) is 12.5 Å². The fourth-order valence-electron chi connectivity index (χ4n) is 2.99. The lowest BCUT2D eigenvalue weighted by molar-refractivity contribution is -0.116. The van der Waals surface area contributed by atoms with E-state index in [1.54, 1.807) is 18.2 Å². The molecule has 0 spiro atoms. The summed E-state index contributed by atoms with van der Waals surface area (Å²) in [6, 6.07) is 13.4. The molecule has 0 aliphatic carbocycles. The molecule has 6 nitrogen and oxygen atoms in total. The van der Waals surface area contributed by atoms with Crippen LogP contribution in [-0.2, 0) is 17.8 Å². The average Bonchev–Trinajstić information content (AvgIpc) is 3.15. The molecule has 2 aromatic heterocycles. The SMILES string of the molecule is CCc1cccc(NC(=O)Cn2cnc3c(-c4ccc(F)cc4)nsc3c2=O)c1. The molecule has 0 aliphatic rings. The molecule has 0 fully saturated rings. The van der Waals surface area contributed by atoms with Crippen LogP contribution in [0.15, 0.2) is 59.7 Å². The number of anilines is 1. The zero-order valence-corrected chi connectivity index (χ0v) is 16.4. The van der Waals surface area contributed by atoms with E-state index in [2.05, 4.69) is 14.7 Å². The molecular weight excluding hydrogens is 391 g/mol. The molecule has 0 unspecified atom stereocenters. The molecule has 0 saturated heterocycles. The fraction of sp³-hybridized carbons (Fsp3) is 0.143. The van der Waals surface area contributed by atoms with Gasteiger partial charge in [-0.2, -0.15) is 4.37 Å². The molecule has 8 heteroatoms. The van der Waals surface area contributed by atoms with E-state index >= 15 is 0 Å². The van der Waals surface area contributed by atoms with Crippen molar-refractivity contribution in [3.05, 3.63) is 76.6 Å². The molecule has 1 N–H and O–H groups in total. The number of fused-ring (bicyclic) bond motifs is 1. The minimum atomic E-state index is -0.348. The van der Waals surface area contributed by atoms with Gasteiger partial charge in [-0.1, -0.05) is 19.1 Å². The van der Waals surface area contributed by atoms with Crippen molar-refractivity contribution < 1.29 is 9.18 Å². The van der Waals surface area contributed by atoms with Gasteiger partial charge in [0.2, 0.25) is 5.91 Å². The summed E-state index contributed by atoms with van der Waals surface area (Å²) in [5, 5.41) is 2.80. The van der Waals surface area contributed by atoms with Gasteiger partial charge in [-0.25, -0.2) is 9.37 Å². The van der Waals surface area contributed by atoms with Crippen molar-refractivity contribution in [1.29, 1.82) is 0 Å². The predicted octanol–water partition coefficient (Wildman–Crippen LogP) is 3.86. The Labute approximate surface area is 169 Å². The Morgan fingerprint density at radius 1 is 1.21 bits per heavy atom. The first-order chi connectivity index (χ1) is 14.0. The number of hydrogen-bond donors (Lipinski definition) is 1. The average molecular weight is 408 g/mol. The summed E-state index contributed by atoms with van der Waals surface area (Å²) in [5.74, 6) is -0.663. The van der Waals surface area contributed by atoms with Crippen molar-refractivity contribution >= 4 is 33.3 Å². The number of rotatable bonds is 5. The molecule has 0 saturated carbocycles. The topological polar surface area (TPSA) is 76.9 Å². The van der Waals surface area contributed by atoms with Crippen LogP contribution in [0.4, 0.5) is 10.1 Å². The van der Waals surface area contributed by atoms with Crippen LogP contribution >= 0.6 is 11.5 Å².